The quantitative estimate of drug-likeness (QED) is 0.724. The Morgan fingerprint density at radius 2 is 2.18 bits per heavy atom. The molecule has 1 aromatic rings. The van der Waals surface area contributed by atoms with E-state index in [0.29, 0.717) is 0 Å². The van der Waals surface area contributed by atoms with Crippen LogP contribution in [-0.2, 0) is 4.79 Å². The van der Waals surface area contributed by atoms with Crippen molar-refractivity contribution in [2.24, 2.45) is 0 Å². The van der Waals surface area contributed by atoms with Crippen molar-refractivity contribution in [1.82, 2.24) is 4.98 Å². The number of H-pyrrole nitrogens is 1. The summed E-state index contributed by atoms with van der Waals surface area (Å²) >= 11 is 0.911. The number of hydrogen-bond acceptors (Lipinski definition) is 5. The zero-order valence-corrected chi connectivity index (χ0v) is 10.5. The number of aryl methyl sites for hydroxylation is 1. The fourth-order valence-corrected chi connectivity index (χ4v) is 1.92. The molecule has 0 saturated heterocycles. The first-order valence-electron chi connectivity index (χ1n) is 5.10. The zero-order chi connectivity index (χ0) is 13.0. The molecule has 0 amide bonds. The first kappa shape index (κ1) is 14.0. The molecule has 3 N–H and O–H groups in total. The average Bonchev–Trinajstić information content (AvgIpc) is 2.28. The van der Waals surface area contributed by atoms with Crippen LogP contribution < -0.4 is 5.56 Å². The van der Waals surface area contributed by atoms with Gasteiger partial charge in [0.25, 0.3) is 5.56 Å². The number of thioether (sulfide) groups is 1. The van der Waals surface area contributed by atoms with Gasteiger partial charge in [-0.05, 0) is 18.6 Å². The molecule has 0 bridgehead atoms. The van der Waals surface area contributed by atoms with Crippen molar-refractivity contribution >= 4 is 16.9 Å². The fourth-order valence-electron chi connectivity index (χ4n) is 1.34. The van der Waals surface area contributed by atoms with Crippen molar-refractivity contribution in [2.45, 2.75) is 26.1 Å². The van der Waals surface area contributed by atoms with Gasteiger partial charge in [-0.3, -0.25) is 9.59 Å². The Hall–Kier alpha value is -1.11. The molecule has 0 radical (unpaired) electrons. The smallest absolute Gasteiger partial charge is 0.253 e. The molecule has 0 aromatic carbocycles. The molecule has 0 aliphatic rings. The van der Waals surface area contributed by atoms with E-state index in [0.717, 1.165) is 17.3 Å². The van der Waals surface area contributed by atoms with E-state index in [4.69, 9.17) is 0 Å². The average molecular weight is 257 g/mol. The van der Waals surface area contributed by atoms with E-state index in [1.807, 2.05) is 0 Å². The van der Waals surface area contributed by atoms with Crippen LogP contribution in [-0.4, -0.2) is 32.2 Å². The van der Waals surface area contributed by atoms with Gasteiger partial charge in [-0.2, -0.15) is 0 Å². The number of aromatic amines is 1. The molecule has 1 heterocycles. The molecular weight excluding hydrogens is 242 g/mol. The summed E-state index contributed by atoms with van der Waals surface area (Å²) in [4.78, 5) is 24.7. The lowest BCUT2D eigenvalue weighted by molar-refractivity contribution is -0.109. The third kappa shape index (κ3) is 3.99. The molecule has 0 aliphatic heterocycles. The highest BCUT2D eigenvalue weighted by Crippen LogP contribution is 2.17. The van der Waals surface area contributed by atoms with E-state index in [2.05, 4.69) is 4.98 Å². The van der Waals surface area contributed by atoms with Gasteiger partial charge in [-0.1, -0.05) is 11.8 Å². The van der Waals surface area contributed by atoms with Crippen LogP contribution in [0.2, 0.25) is 0 Å². The van der Waals surface area contributed by atoms with E-state index >= 15 is 0 Å². The summed E-state index contributed by atoms with van der Waals surface area (Å²) in [5.41, 5.74) is 0.460. The van der Waals surface area contributed by atoms with Gasteiger partial charge >= 0.3 is 0 Å². The third-order valence-electron chi connectivity index (χ3n) is 2.22. The molecule has 0 spiro atoms. The van der Waals surface area contributed by atoms with Crippen molar-refractivity contribution in [3.8, 4) is 0 Å². The first-order chi connectivity index (χ1) is 7.91. The lowest BCUT2D eigenvalue weighted by Crippen LogP contribution is -2.27. The summed E-state index contributed by atoms with van der Waals surface area (Å²) < 4.78 is 0. The summed E-state index contributed by atoms with van der Waals surface area (Å²) in [6.45, 7) is 3.14. The highest BCUT2D eigenvalue weighted by atomic mass is 32.2. The van der Waals surface area contributed by atoms with Crippen LogP contribution in [0.1, 0.15) is 24.2 Å². The first-order valence-corrected chi connectivity index (χ1v) is 6.09. The van der Waals surface area contributed by atoms with Crippen LogP contribution >= 0.6 is 11.8 Å². The maximum Gasteiger partial charge on any atom is 0.253 e. The number of aliphatic hydroxyl groups is 2. The van der Waals surface area contributed by atoms with Crippen LogP contribution in [0.15, 0.2) is 17.1 Å². The molecule has 0 saturated carbocycles. The fraction of sp³-hybridized carbons (Fsp3) is 0.455. The Morgan fingerprint density at radius 1 is 1.53 bits per heavy atom. The maximum absolute atomic E-state index is 11.5. The standard InChI is InChI=1S/C11H15NO4S/c1-6-3-8(11(16)12-4-6)10(15)9(14)5-17-7(2)13/h3-4,9-10,14-15H,5H2,1-2H3,(H,12,16). The molecule has 1 rings (SSSR count). The predicted molar refractivity (Wildman–Crippen MR) is 65.9 cm³/mol. The minimum Gasteiger partial charge on any atom is -0.389 e. The van der Waals surface area contributed by atoms with E-state index in [1.165, 1.54) is 19.2 Å². The lowest BCUT2D eigenvalue weighted by Gasteiger charge is -2.16. The molecule has 17 heavy (non-hydrogen) atoms. The number of aromatic nitrogens is 1. The number of carbonyl (C=O) groups excluding carboxylic acids is 1. The zero-order valence-electron chi connectivity index (χ0n) is 9.64. The van der Waals surface area contributed by atoms with E-state index in [9.17, 15) is 19.8 Å². The second-order valence-corrected chi connectivity index (χ2v) is 4.97. The predicted octanol–water partition coefficient (Wildman–Crippen LogP) is 0.357. The van der Waals surface area contributed by atoms with E-state index in [-0.39, 0.29) is 16.4 Å². The lowest BCUT2D eigenvalue weighted by atomic mass is 10.1. The van der Waals surface area contributed by atoms with Gasteiger partial charge in [0, 0.05) is 24.4 Å². The third-order valence-corrected chi connectivity index (χ3v) is 3.13. The molecule has 0 fully saturated rings. The van der Waals surface area contributed by atoms with Crippen molar-refractivity contribution in [2.75, 3.05) is 5.75 Å². The maximum atomic E-state index is 11.5. The molecule has 6 heteroatoms. The van der Waals surface area contributed by atoms with Crippen molar-refractivity contribution in [1.29, 1.82) is 0 Å². The Labute approximate surface area is 103 Å². The summed E-state index contributed by atoms with van der Waals surface area (Å²) in [5.74, 6) is 0.0594. The number of nitrogens with one attached hydrogen (secondary N) is 1. The Kier molecular flexibility index (Phi) is 4.92. The highest BCUT2D eigenvalue weighted by molar-refractivity contribution is 8.13. The van der Waals surface area contributed by atoms with Gasteiger partial charge in [0.05, 0.1) is 6.10 Å². The summed E-state index contributed by atoms with van der Waals surface area (Å²) in [5, 5.41) is 19.3. The summed E-state index contributed by atoms with van der Waals surface area (Å²) in [7, 11) is 0. The molecular formula is C11H15NO4S. The monoisotopic (exact) mass is 257 g/mol. The van der Waals surface area contributed by atoms with Gasteiger partial charge in [0.2, 0.25) is 0 Å². The van der Waals surface area contributed by atoms with Crippen LogP contribution in [0, 0.1) is 6.92 Å². The van der Waals surface area contributed by atoms with E-state index < -0.39 is 17.8 Å². The highest BCUT2D eigenvalue weighted by Gasteiger charge is 2.21. The summed E-state index contributed by atoms with van der Waals surface area (Å²) in [6.07, 6.45) is -0.910. The minimum absolute atomic E-state index is 0.0594. The van der Waals surface area contributed by atoms with Gasteiger partial charge in [0.15, 0.2) is 5.12 Å². The molecule has 5 nitrogen and oxygen atoms in total. The molecule has 2 unspecified atom stereocenters. The Morgan fingerprint density at radius 3 is 2.76 bits per heavy atom. The van der Waals surface area contributed by atoms with Crippen LogP contribution in [0.4, 0.5) is 0 Å². The topological polar surface area (TPSA) is 90.4 Å². The van der Waals surface area contributed by atoms with Crippen molar-refractivity contribution < 1.29 is 15.0 Å². The van der Waals surface area contributed by atoms with Crippen LogP contribution in [0.5, 0.6) is 0 Å². The molecule has 0 aliphatic carbocycles. The largest absolute Gasteiger partial charge is 0.389 e. The van der Waals surface area contributed by atoms with Crippen molar-refractivity contribution in [3.63, 3.8) is 0 Å². The number of aliphatic hydroxyl groups excluding tert-OH is 2. The van der Waals surface area contributed by atoms with Gasteiger partial charge in [-0.25, -0.2) is 0 Å². The number of pyridine rings is 1. The Balaban J connectivity index is 2.81. The second kappa shape index (κ2) is 6.00. The minimum atomic E-state index is -1.29. The normalized spacial score (nSPS) is 14.4. The van der Waals surface area contributed by atoms with Crippen LogP contribution in [0.25, 0.3) is 0 Å². The summed E-state index contributed by atoms with van der Waals surface area (Å²) in [6, 6.07) is 1.52. The number of hydrogen-bond donors (Lipinski definition) is 3. The SMILES string of the molecule is CC(=O)SCC(O)C(O)c1cc(C)c[nH]c1=O. The Bertz CT molecular complexity index is 457. The molecule has 2 atom stereocenters. The second-order valence-electron chi connectivity index (χ2n) is 3.78. The van der Waals surface area contributed by atoms with Crippen molar-refractivity contribution in [3.05, 3.63) is 33.7 Å². The van der Waals surface area contributed by atoms with Crippen LogP contribution in [0.3, 0.4) is 0 Å². The molecule has 94 valence electrons. The number of carbonyl (C=O) groups is 1. The van der Waals surface area contributed by atoms with Gasteiger partial charge < -0.3 is 15.2 Å². The number of rotatable bonds is 4. The van der Waals surface area contributed by atoms with E-state index in [1.54, 1.807) is 6.92 Å². The molecule has 1 aromatic heterocycles. The van der Waals surface area contributed by atoms with Gasteiger partial charge in [-0.15, -0.1) is 0 Å². The van der Waals surface area contributed by atoms with Gasteiger partial charge in [0.1, 0.15) is 6.10 Å².